The lowest BCUT2D eigenvalue weighted by Crippen LogP contribution is -1.97. The SMILES string of the molecule is CCOc1cccc(OCc2cc(CN)sc2C)c1. The van der Waals surface area contributed by atoms with Crippen molar-refractivity contribution in [3.05, 3.63) is 45.6 Å². The molecular weight excluding hydrogens is 258 g/mol. The summed E-state index contributed by atoms with van der Waals surface area (Å²) < 4.78 is 11.3. The minimum absolute atomic E-state index is 0.567. The molecule has 2 aromatic rings. The van der Waals surface area contributed by atoms with Crippen LogP contribution in [0, 0.1) is 6.92 Å². The number of rotatable bonds is 6. The second-order valence-electron chi connectivity index (χ2n) is 4.19. The van der Waals surface area contributed by atoms with Crippen LogP contribution in [0.3, 0.4) is 0 Å². The number of hydrogen-bond acceptors (Lipinski definition) is 4. The molecule has 4 heteroatoms. The third-order valence-corrected chi connectivity index (χ3v) is 3.90. The maximum atomic E-state index is 5.80. The average molecular weight is 277 g/mol. The number of benzene rings is 1. The van der Waals surface area contributed by atoms with Crippen LogP contribution in [0.4, 0.5) is 0 Å². The molecule has 0 aliphatic heterocycles. The summed E-state index contributed by atoms with van der Waals surface area (Å²) in [5, 5.41) is 0. The van der Waals surface area contributed by atoms with Crippen LogP contribution in [0.25, 0.3) is 0 Å². The van der Waals surface area contributed by atoms with Gasteiger partial charge >= 0.3 is 0 Å². The molecular formula is C15H19NO2S. The highest BCUT2D eigenvalue weighted by molar-refractivity contribution is 7.12. The maximum absolute atomic E-state index is 5.80. The standard InChI is InChI=1S/C15H19NO2S/c1-3-17-13-5-4-6-14(8-13)18-10-12-7-15(9-16)19-11(12)2/h4-8H,3,9-10,16H2,1-2H3. The van der Waals surface area contributed by atoms with Gasteiger partial charge in [0.1, 0.15) is 18.1 Å². The fraction of sp³-hybridized carbons (Fsp3) is 0.333. The molecule has 19 heavy (non-hydrogen) atoms. The van der Waals surface area contributed by atoms with Crippen molar-refractivity contribution in [2.75, 3.05) is 6.61 Å². The van der Waals surface area contributed by atoms with Gasteiger partial charge in [-0.2, -0.15) is 0 Å². The van der Waals surface area contributed by atoms with Crippen molar-refractivity contribution in [1.82, 2.24) is 0 Å². The van der Waals surface area contributed by atoms with Crippen molar-refractivity contribution >= 4 is 11.3 Å². The zero-order valence-electron chi connectivity index (χ0n) is 11.3. The van der Waals surface area contributed by atoms with Crippen LogP contribution < -0.4 is 15.2 Å². The van der Waals surface area contributed by atoms with Gasteiger partial charge < -0.3 is 15.2 Å². The Balaban J connectivity index is 2.01. The summed E-state index contributed by atoms with van der Waals surface area (Å²) in [6.45, 7) is 5.88. The van der Waals surface area contributed by atoms with Crippen molar-refractivity contribution in [3.8, 4) is 11.5 Å². The first-order chi connectivity index (χ1) is 9.22. The van der Waals surface area contributed by atoms with Gasteiger partial charge in [0.25, 0.3) is 0 Å². The summed E-state index contributed by atoms with van der Waals surface area (Å²) >= 11 is 1.73. The third kappa shape index (κ3) is 3.72. The molecule has 1 heterocycles. The van der Waals surface area contributed by atoms with Gasteiger partial charge in [-0.05, 0) is 32.0 Å². The first-order valence-electron chi connectivity index (χ1n) is 6.37. The van der Waals surface area contributed by atoms with Crippen LogP contribution in [0.15, 0.2) is 30.3 Å². The number of ether oxygens (including phenoxy) is 2. The molecule has 0 aliphatic rings. The van der Waals surface area contributed by atoms with Gasteiger partial charge in [0.2, 0.25) is 0 Å². The molecule has 0 spiro atoms. The van der Waals surface area contributed by atoms with Crippen molar-refractivity contribution in [1.29, 1.82) is 0 Å². The van der Waals surface area contributed by atoms with E-state index in [1.54, 1.807) is 11.3 Å². The molecule has 2 rings (SSSR count). The number of thiophene rings is 1. The molecule has 0 saturated carbocycles. The predicted octanol–water partition coefficient (Wildman–Crippen LogP) is 3.49. The Kier molecular flexibility index (Phi) is 4.82. The topological polar surface area (TPSA) is 44.5 Å². The second-order valence-corrected chi connectivity index (χ2v) is 5.54. The van der Waals surface area contributed by atoms with Gasteiger partial charge in [0.05, 0.1) is 6.61 Å². The van der Waals surface area contributed by atoms with Crippen LogP contribution in [0.1, 0.15) is 22.2 Å². The lowest BCUT2D eigenvalue weighted by atomic mass is 10.2. The average Bonchev–Trinajstić information content (AvgIpc) is 2.78. The smallest absolute Gasteiger partial charge is 0.123 e. The molecule has 0 aliphatic carbocycles. The molecule has 0 amide bonds. The summed E-state index contributed by atoms with van der Waals surface area (Å²) in [6.07, 6.45) is 0. The van der Waals surface area contributed by atoms with Gasteiger partial charge in [-0.15, -0.1) is 11.3 Å². The zero-order chi connectivity index (χ0) is 13.7. The molecule has 0 atom stereocenters. The molecule has 102 valence electrons. The molecule has 0 fully saturated rings. The summed E-state index contributed by atoms with van der Waals surface area (Å²) in [4.78, 5) is 2.46. The molecule has 0 radical (unpaired) electrons. The first-order valence-corrected chi connectivity index (χ1v) is 7.18. The monoisotopic (exact) mass is 277 g/mol. The van der Waals surface area contributed by atoms with Gasteiger partial charge in [0.15, 0.2) is 0 Å². The van der Waals surface area contributed by atoms with E-state index in [2.05, 4.69) is 13.0 Å². The minimum Gasteiger partial charge on any atom is -0.494 e. The Morgan fingerprint density at radius 1 is 1.16 bits per heavy atom. The largest absolute Gasteiger partial charge is 0.494 e. The summed E-state index contributed by atoms with van der Waals surface area (Å²) in [6, 6.07) is 9.83. The number of nitrogens with two attached hydrogens (primary N) is 1. The van der Waals surface area contributed by atoms with E-state index in [0.717, 1.165) is 11.5 Å². The van der Waals surface area contributed by atoms with Crippen LogP contribution in [0.5, 0.6) is 11.5 Å². The highest BCUT2D eigenvalue weighted by Gasteiger charge is 2.05. The Labute approximate surface area is 118 Å². The van der Waals surface area contributed by atoms with Gasteiger partial charge in [-0.25, -0.2) is 0 Å². The second kappa shape index (κ2) is 6.59. The van der Waals surface area contributed by atoms with E-state index in [4.69, 9.17) is 15.2 Å². The molecule has 2 N–H and O–H groups in total. The van der Waals surface area contributed by atoms with E-state index < -0.39 is 0 Å². The normalized spacial score (nSPS) is 10.5. The lowest BCUT2D eigenvalue weighted by Gasteiger charge is -2.08. The van der Waals surface area contributed by atoms with E-state index in [0.29, 0.717) is 19.8 Å². The van der Waals surface area contributed by atoms with E-state index in [1.165, 1.54) is 15.3 Å². The highest BCUT2D eigenvalue weighted by Crippen LogP contribution is 2.24. The van der Waals surface area contributed by atoms with Crippen molar-refractivity contribution in [2.24, 2.45) is 5.73 Å². The fourth-order valence-electron chi connectivity index (χ4n) is 1.81. The van der Waals surface area contributed by atoms with E-state index >= 15 is 0 Å². The fourth-order valence-corrected chi connectivity index (χ4v) is 2.74. The molecule has 0 unspecified atom stereocenters. The Morgan fingerprint density at radius 2 is 1.89 bits per heavy atom. The van der Waals surface area contributed by atoms with Crippen LogP contribution >= 0.6 is 11.3 Å². The van der Waals surface area contributed by atoms with Gasteiger partial charge in [-0.3, -0.25) is 0 Å². The third-order valence-electron chi connectivity index (χ3n) is 2.78. The molecule has 0 bridgehead atoms. The Hall–Kier alpha value is -1.52. The van der Waals surface area contributed by atoms with Crippen LogP contribution in [-0.4, -0.2) is 6.61 Å². The summed E-state index contributed by atoms with van der Waals surface area (Å²) in [7, 11) is 0. The Morgan fingerprint density at radius 3 is 2.53 bits per heavy atom. The van der Waals surface area contributed by atoms with Crippen LogP contribution in [-0.2, 0) is 13.2 Å². The highest BCUT2D eigenvalue weighted by atomic mass is 32.1. The van der Waals surface area contributed by atoms with Crippen molar-refractivity contribution < 1.29 is 9.47 Å². The van der Waals surface area contributed by atoms with Crippen molar-refractivity contribution in [2.45, 2.75) is 27.0 Å². The zero-order valence-corrected chi connectivity index (χ0v) is 12.1. The molecule has 0 saturated heterocycles. The maximum Gasteiger partial charge on any atom is 0.123 e. The first kappa shape index (κ1) is 13.9. The number of aryl methyl sites for hydroxylation is 1. The van der Waals surface area contributed by atoms with E-state index in [-0.39, 0.29) is 0 Å². The Bertz CT molecular complexity index is 537. The quantitative estimate of drug-likeness (QED) is 0.879. The molecule has 1 aromatic heterocycles. The predicted molar refractivity (Wildman–Crippen MR) is 78.9 cm³/mol. The van der Waals surface area contributed by atoms with E-state index in [9.17, 15) is 0 Å². The lowest BCUT2D eigenvalue weighted by molar-refractivity contribution is 0.299. The van der Waals surface area contributed by atoms with Crippen LogP contribution in [0.2, 0.25) is 0 Å². The number of hydrogen-bond donors (Lipinski definition) is 1. The van der Waals surface area contributed by atoms with Gasteiger partial charge in [-0.1, -0.05) is 6.07 Å². The van der Waals surface area contributed by atoms with Gasteiger partial charge in [0, 0.05) is 27.9 Å². The summed E-state index contributed by atoms with van der Waals surface area (Å²) in [5.41, 5.74) is 6.85. The van der Waals surface area contributed by atoms with E-state index in [1.807, 2.05) is 31.2 Å². The molecule has 3 nitrogen and oxygen atoms in total. The molecule has 1 aromatic carbocycles. The van der Waals surface area contributed by atoms with Crippen molar-refractivity contribution in [3.63, 3.8) is 0 Å². The summed E-state index contributed by atoms with van der Waals surface area (Å²) in [5.74, 6) is 1.66. The minimum atomic E-state index is 0.567.